The van der Waals surface area contributed by atoms with E-state index in [0.29, 0.717) is 11.1 Å². The van der Waals surface area contributed by atoms with Gasteiger partial charge in [-0.3, -0.25) is 4.57 Å². The quantitative estimate of drug-likeness (QED) is 0.615. The molecule has 0 amide bonds. The first kappa shape index (κ1) is 16.9. The minimum Gasteiger partial charge on any atom is -0.465 e. The van der Waals surface area contributed by atoms with Crippen LogP contribution in [-0.4, -0.2) is 26.3 Å². The van der Waals surface area contributed by atoms with Gasteiger partial charge in [0, 0.05) is 0 Å². The van der Waals surface area contributed by atoms with Crippen molar-refractivity contribution in [1.82, 2.24) is 0 Å². The van der Waals surface area contributed by atoms with Gasteiger partial charge in [0.2, 0.25) is 0 Å². The van der Waals surface area contributed by atoms with Gasteiger partial charge in [-0.1, -0.05) is 12.1 Å². The molecule has 112 valence electrons. The van der Waals surface area contributed by atoms with Gasteiger partial charge < -0.3 is 19.5 Å². The average molecular weight is 301 g/mol. The lowest BCUT2D eigenvalue weighted by Crippen LogP contribution is -2.15. The van der Waals surface area contributed by atoms with E-state index in [2.05, 4.69) is 4.74 Å². The van der Waals surface area contributed by atoms with Crippen molar-refractivity contribution in [2.24, 2.45) is 5.73 Å². The highest BCUT2D eigenvalue weighted by Crippen LogP contribution is 2.58. The third kappa shape index (κ3) is 3.90. The van der Waals surface area contributed by atoms with E-state index in [0.717, 1.165) is 0 Å². The Bertz CT molecular complexity index is 495. The number of nitrogens with two attached hydrogens (primary N) is 1. The van der Waals surface area contributed by atoms with Crippen LogP contribution in [0.1, 0.15) is 35.6 Å². The molecular formula is C13H20NO5P. The highest BCUT2D eigenvalue weighted by atomic mass is 31.2. The Balaban J connectivity index is 3.09. The Labute approximate surface area is 118 Å². The van der Waals surface area contributed by atoms with Gasteiger partial charge >= 0.3 is 13.6 Å². The van der Waals surface area contributed by atoms with E-state index >= 15 is 0 Å². The lowest BCUT2D eigenvalue weighted by atomic mass is 10.1. The SMILES string of the molecule is CCOP(=O)(OCC)[C@H](N)c1cccc(C(=O)OC)c1. The van der Waals surface area contributed by atoms with Crippen molar-refractivity contribution < 1.29 is 23.1 Å². The maximum absolute atomic E-state index is 12.6. The first-order valence-corrected chi connectivity index (χ1v) is 7.92. The zero-order valence-electron chi connectivity index (χ0n) is 11.9. The number of esters is 1. The van der Waals surface area contributed by atoms with Crippen LogP contribution in [0.15, 0.2) is 24.3 Å². The lowest BCUT2D eigenvalue weighted by molar-refractivity contribution is 0.0600. The smallest absolute Gasteiger partial charge is 0.351 e. The zero-order valence-corrected chi connectivity index (χ0v) is 12.8. The van der Waals surface area contributed by atoms with Crippen LogP contribution in [0.5, 0.6) is 0 Å². The summed E-state index contributed by atoms with van der Waals surface area (Å²) in [5.74, 6) is -1.44. The maximum Gasteiger partial charge on any atom is 0.351 e. The van der Waals surface area contributed by atoms with Crippen LogP contribution in [0.2, 0.25) is 0 Å². The maximum atomic E-state index is 12.6. The molecule has 0 unspecified atom stereocenters. The van der Waals surface area contributed by atoms with E-state index in [-0.39, 0.29) is 13.2 Å². The molecule has 0 saturated heterocycles. The second kappa shape index (κ2) is 7.55. The number of hydrogen-bond acceptors (Lipinski definition) is 6. The summed E-state index contributed by atoms with van der Waals surface area (Å²) in [5, 5.41) is 0. The van der Waals surface area contributed by atoms with Crippen LogP contribution in [-0.2, 0) is 18.3 Å². The van der Waals surface area contributed by atoms with E-state index < -0.39 is 19.3 Å². The summed E-state index contributed by atoms with van der Waals surface area (Å²) in [5.41, 5.74) is 6.82. The van der Waals surface area contributed by atoms with Gasteiger partial charge in [0.15, 0.2) is 0 Å². The summed E-state index contributed by atoms with van der Waals surface area (Å²) in [7, 11) is -2.17. The van der Waals surface area contributed by atoms with Crippen molar-refractivity contribution in [2.45, 2.75) is 19.6 Å². The molecule has 0 aliphatic rings. The number of ether oxygens (including phenoxy) is 1. The molecule has 0 heterocycles. The minimum absolute atomic E-state index is 0.224. The molecule has 0 radical (unpaired) electrons. The molecule has 2 N–H and O–H groups in total. The molecule has 20 heavy (non-hydrogen) atoms. The topological polar surface area (TPSA) is 87.9 Å². The van der Waals surface area contributed by atoms with Crippen LogP contribution < -0.4 is 5.73 Å². The zero-order chi connectivity index (χ0) is 15.2. The molecule has 7 heteroatoms. The van der Waals surface area contributed by atoms with Gasteiger partial charge in [-0.15, -0.1) is 0 Å². The largest absolute Gasteiger partial charge is 0.465 e. The Kier molecular flexibility index (Phi) is 6.36. The molecule has 0 bridgehead atoms. The van der Waals surface area contributed by atoms with Crippen LogP contribution in [0.25, 0.3) is 0 Å². The first-order chi connectivity index (χ1) is 9.48. The Morgan fingerprint density at radius 3 is 2.40 bits per heavy atom. The molecule has 1 atom stereocenters. The predicted molar refractivity (Wildman–Crippen MR) is 75.6 cm³/mol. The summed E-state index contributed by atoms with van der Waals surface area (Å²) >= 11 is 0. The Morgan fingerprint density at radius 1 is 1.30 bits per heavy atom. The highest BCUT2D eigenvalue weighted by molar-refractivity contribution is 7.54. The van der Waals surface area contributed by atoms with Crippen molar-refractivity contribution in [3.8, 4) is 0 Å². The van der Waals surface area contributed by atoms with E-state index in [1.54, 1.807) is 32.0 Å². The molecule has 0 spiro atoms. The molecule has 0 aliphatic carbocycles. The number of carbonyl (C=O) groups excluding carboxylic acids is 1. The molecule has 6 nitrogen and oxygen atoms in total. The molecule has 0 fully saturated rings. The number of rotatable bonds is 7. The fourth-order valence-electron chi connectivity index (χ4n) is 1.71. The third-order valence-electron chi connectivity index (χ3n) is 2.61. The molecule has 1 aromatic carbocycles. The van der Waals surface area contributed by atoms with Crippen molar-refractivity contribution in [3.05, 3.63) is 35.4 Å². The Hall–Kier alpha value is -1.20. The van der Waals surface area contributed by atoms with Gasteiger partial charge in [-0.25, -0.2) is 4.79 Å². The highest BCUT2D eigenvalue weighted by Gasteiger charge is 2.34. The standard InChI is InChI=1S/C13H20NO5P/c1-4-18-20(16,19-5-2)12(14)10-7-6-8-11(9-10)13(15)17-3/h6-9,12H,4-5,14H2,1-3H3/t12-/m0/s1. The molecule has 0 aliphatic heterocycles. The number of carbonyl (C=O) groups is 1. The normalized spacial score (nSPS) is 13.0. The van der Waals surface area contributed by atoms with Gasteiger partial charge in [0.1, 0.15) is 5.78 Å². The summed E-state index contributed by atoms with van der Waals surface area (Å²) in [6.45, 7) is 3.87. The number of methoxy groups -OCH3 is 1. The fraction of sp³-hybridized carbons (Fsp3) is 0.462. The van der Waals surface area contributed by atoms with Gasteiger partial charge in [0.25, 0.3) is 0 Å². The molecule has 1 aromatic rings. The fourth-order valence-corrected chi connectivity index (χ4v) is 3.35. The molecule has 1 rings (SSSR count). The third-order valence-corrected chi connectivity index (χ3v) is 4.82. The van der Waals surface area contributed by atoms with Gasteiger partial charge in [-0.05, 0) is 31.5 Å². The monoisotopic (exact) mass is 301 g/mol. The number of benzene rings is 1. The second-order valence-corrected chi connectivity index (χ2v) is 6.09. The van der Waals surface area contributed by atoms with Crippen LogP contribution in [0, 0.1) is 0 Å². The van der Waals surface area contributed by atoms with Crippen LogP contribution in [0.3, 0.4) is 0 Å². The summed E-state index contributed by atoms with van der Waals surface area (Å²) in [4.78, 5) is 11.5. The van der Waals surface area contributed by atoms with Crippen molar-refractivity contribution >= 4 is 13.6 Å². The van der Waals surface area contributed by atoms with E-state index in [4.69, 9.17) is 14.8 Å². The molecule has 0 aromatic heterocycles. The second-order valence-electron chi connectivity index (χ2n) is 3.94. The van der Waals surface area contributed by atoms with Gasteiger partial charge in [-0.2, -0.15) is 0 Å². The van der Waals surface area contributed by atoms with E-state index in [1.807, 2.05) is 0 Å². The van der Waals surface area contributed by atoms with Crippen molar-refractivity contribution in [3.63, 3.8) is 0 Å². The summed E-state index contributed by atoms with van der Waals surface area (Å²) in [6, 6.07) is 6.43. The van der Waals surface area contributed by atoms with Gasteiger partial charge in [0.05, 0.1) is 25.9 Å². The van der Waals surface area contributed by atoms with E-state index in [9.17, 15) is 9.36 Å². The average Bonchev–Trinajstić information content (AvgIpc) is 2.46. The molecule has 0 saturated carbocycles. The molecular weight excluding hydrogens is 281 g/mol. The van der Waals surface area contributed by atoms with Crippen LogP contribution >= 0.6 is 7.60 Å². The summed E-state index contributed by atoms with van der Waals surface area (Å²) < 4.78 is 27.6. The van der Waals surface area contributed by atoms with E-state index in [1.165, 1.54) is 13.2 Å². The predicted octanol–water partition coefficient (Wildman–Crippen LogP) is 2.70. The summed E-state index contributed by atoms with van der Waals surface area (Å²) in [6.07, 6.45) is 0. The minimum atomic E-state index is -3.47. The van der Waals surface area contributed by atoms with Crippen molar-refractivity contribution in [2.75, 3.05) is 20.3 Å². The first-order valence-electron chi connectivity index (χ1n) is 6.31. The lowest BCUT2D eigenvalue weighted by Gasteiger charge is -2.23. The number of hydrogen-bond donors (Lipinski definition) is 1. The Morgan fingerprint density at radius 2 is 1.90 bits per heavy atom. The van der Waals surface area contributed by atoms with Crippen molar-refractivity contribution in [1.29, 1.82) is 0 Å². The van der Waals surface area contributed by atoms with Crippen LogP contribution in [0.4, 0.5) is 0 Å².